The van der Waals surface area contributed by atoms with Gasteiger partial charge in [-0.2, -0.15) is 0 Å². The molecule has 5 nitrogen and oxygen atoms in total. The molecule has 2 aromatic carbocycles. The van der Waals surface area contributed by atoms with Crippen LogP contribution in [0, 0.1) is 0 Å². The first-order chi connectivity index (χ1) is 14.4. The molecule has 2 fully saturated rings. The molecule has 8 heteroatoms. The van der Waals surface area contributed by atoms with E-state index in [0.717, 1.165) is 44.0 Å². The standard InChI is InChI=1S/C22H25F3N2O3/c1-26(16-2-8-20(9-3-16)30-22(23,24)25)17-10-12-27(13-11-17)18-4-6-19(7-5-18)28-14-21-15-29-21/h2-9,17,21H,10-15H2,1H3/t21-/m0/s1. The van der Waals surface area contributed by atoms with E-state index in [1.54, 1.807) is 12.1 Å². The summed E-state index contributed by atoms with van der Waals surface area (Å²) < 4.78 is 51.7. The van der Waals surface area contributed by atoms with Gasteiger partial charge < -0.3 is 24.0 Å². The molecule has 162 valence electrons. The van der Waals surface area contributed by atoms with Gasteiger partial charge >= 0.3 is 6.36 Å². The van der Waals surface area contributed by atoms with E-state index in [0.29, 0.717) is 12.6 Å². The Kier molecular flexibility index (Phi) is 5.94. The van der Waals surface area contributed by atoms with Crippen molar-refractivity contribution in [3.63, 3.8) is 0 Å². The van der Waals surface area contributed by atoms with Crippen LogP contribution in [0.25, 0.3) is 0 Å². The van der Waals surface area contributed by atoms with Crippen molar-refractivity contribution in [2.45, 2.75) is 31.3 Å². The third-order valence-electron chi connectivity index (χ3n) is 5.53. The van der Waals surface area contributed by atoms with Gasteiger partial charge in [-0.05, 0) is 61.4 Å². The number of hydrogen-bond donors (Lipinski definition) is 0. The maximum atomic E-state index is 12.3. The summed E-state index contributed by atoms with van der Waals surface area (Å²) in [5, 5.41) is 0. The highest BCUT2D eigenvalue weighted by atomic mass is 19.4. The molecular weight excluding hydrogens is 397 g/mol. The minimum atomic E-state index is -4.67. The second kappa shape index (κ2) is 8.63. The molecule has 0 aromatic heterocycles. The molecule has 0 radical (unpaired) electrons. The van der Waals surface area contributed by atoms with Crippen LogP contribution in [0.1, 0.15) is 12.8 Å². The number of alkyl halides is 3. The molecule has 0 amide bonds. The monoisotopic (exact) mass is 422 g/mol. The van der Waals surface area contributed by atoms with Crippen LogP contribution in [-0.2, 0) is 4.74 Å². The van der Waals surface area contributed by atoms with Crippen LogP contribution in [0.15, 0.2) is 48.5 Å². The molecule has 0 unspecified atom stereocenters. The Morgan fingerprint density at radius 2 is 1.60 bits per heavy atom. The van der Waals surface area contributed by atoms with Gasteiger partial charge in [-0.15, -0.1) is 13.2 Å². The fourth-order valence-electron chi connectivity index (χ4n) is 3.71. The number of rotatable bonds is 7. The molecule has 2 aromatic rings. The summed E-state index contributed by atoms with van der Waals surface area (Å²) in [6.45, 7) is 3.22. The van der Waals surface area contributed by atoms with Crippen molar-refractivity contribution in [1.29, 1.82) is 0 Å². The first-order valence-corrected chi connectivity index (χ1v) is 10.1. The van der Waals surface area contributed by atoms with E-state index >= 15 is 0 Å². The molecule has 0 saturated carbocycles. The Hall–Kier alpha value is -2.61. The van der Waals surface area contributed by atoms with Gasteiger partial charge in [0.1, 0.15) is 24.2 Å². The smallest absolute Gasteiger partial charge is 0.491 e. The van der Waals surface area contributed by atoms with E-state index in [-0.39, 0.29) is 11.9 Å². The van der Waals surface area contributed by atoms with Crippen LogP contribution in [0.3, 0.4) is 0 Å². The van der Waals surface area contributed by atoms with Crippen molar-refractivity contribution in [2.24, 2.45) is 0 Å². The second-order valence-electron chi connectivity index (χ2n) is 7.63. The van der Waals surface area contributed by atoms with E-state index in [4.69, 9.17) is 9.47 Å². The summed E-state index contributed by atoms with van der Waals surface area (Å²) in [4.78, 5) is 4.48. The highest BCUT2D eigenvalue weighted by molar-refractivity contribution is 5.52. The molecule has 30 heavy (non-hydrogen) atoms. The number of epoxide rings is 1. The first-order valence-electron chi connectivity index (χ1n) is 10.1. The maximum absolute atomic E-state index is 12.3. The summed E-state index contributed by atoms with van der Waals surface area (Å²) in [5.74, 6) is 0.647. The highest BCUT2D eigenvalue weighted by Crippen LogP contribution is 2.29. The van der Waals surface area contributed by atoms with Crippen LogP contribution in [-0.4, -0.2) is 51.9 Å². The Morgan fingerprint density at radius 1 is 1.00 bits per heavy atom. The van der Waals surface area contributed by atoms with Crippen molar-refractivity contribution in [1.82, 2.24) is 0 Å². The zero-order valence-electron chi connectivity index (χ0n) is 16.8. The van der Waals surface area contributed by atoms with Gasteiger partial charge in [-0.1, -0.05) is 0 Å². The van der Waals surface area contributed by atoms with E-state index in [9.17, 15) is 13.2 Å². The van der Waals surface area contributed by atoms with Crippen molar-refractivity contribution in [3.8, 4) is 11.5 Å². The van der Waals surface area contributed by atoms with Gasteiger partial charge in [0.2, 0.25) is 0 Å². The lowest BCUT2D eigenvalue weighted by Crippen LogP contribution is -2.43. The average molecular weight is 422 g/mol. The van der Waals surface area contributed by atoms with E-state index < -0.39 is 6.36 Å². The molecule has 2 saturated heterocycles. The van der Waals surface area contributed by atoms with Crippen LogP contribution < -0.4 is 19.3 Å². The number of piperidine rings is 1. The van der Waals surface area contributed by atoms with Crippen molar-refractivity contribution >= 4 is 11.4 Å². The van der Waals surface area contributed by atoms with E-state index in [1.165, 1.54) is 17.8 Å². The molecule has 0 bridgehead atoms. The number of halogens is 3. The minimum Gasteiger partial charge on any atom is -0.491 e. The summed E-state index contributed by atoms with van der Waals surface area (Å²) in [5.41, 5.74) is 2.05. The lowest BCUT2D eigenvalue weighted by atomic mass is 10.0. The topological polar surface area (TPSA) is 37.5 Å². The molecule has 2 aliphatic heterocycles. The number of nitrogens with zero attached hydrogens (tertiary/aromatic N) is 2. The third-order valence-corrected chi connectivity index (χ3v) is 5.53. The summed E-state index contributed by atoms with van der Waals surface area (Å²) >= 11 is 0. The number of anilines is 2. The van der Waals surface area contributed by atoms with Gasteiger partial charge in [-0.25, -0.2) is 0 Å². The Balaban J connectivity index is 1.28. The van der Waals surface area contributed by atoms with Crippen LogP contribution in [0.2, 0.25) is 0 Å². The van der Waals surface area contributed by atoms with Crippen LogP contribution in [0.5, 0.6) is 11.5 Å². The third kappa shape index (κ3) is 5.50. The maximum Gasteiger partial charge on any atom is 0.573 e. The number of benzene rings is 2. The molecule has 0 aliphatic carbocycles. The zero-order valence-corrected chi connectivity index (χ0v) is 16.8. The lowest BCUT2D eigenvalue weighted by molar-refractivity contribution is -0.274. The Bertz CT molecular complexity index is 815. The minimum absolute atomic E-state index is 0.202. The van der Waals surface area contributed by atoms with Gasteiger partial charge in [-0.3, -0.25) is 0 Å². The van der Waals surface area contributed by atoms with Crippen molar-refractivity contribution in [3.05, 3.63) is 48.5 Å². The quantitative estimate of drug-likeness (QED) is 0.616. The SMILES string of the molecule is CN(c1ccc(OC(F)(F)F)cc1)C1CCN(c2ccc(OC[C@H]3CO3)cc2)CC1. The van der Waals surface area contributed by atoms with Gasteiger partial charge in [0, 0.05) is 37.6 Å². The predicted molar refractivity (Wildman–Crippen MR) is 108 cm³/mol. The molecule has 2 aliphatic rings. The Morgan fingerprint density at radius 3 is 2.17 bits per heavy atom. The highest BCUT2D eigenvalue weighted by Gasteiger charge is 2.31. The van der Waals surface area contributed by atoms with Gasteiger partial charge in [0.25, 0.3) is 0 Å². The lowest BCUT2D eigenvalue weighted by Gasteiger charge is -2.39. The molecule has 0 spiro atoms. The van der Waals surface area contributed by atoms with Crippen molar-refractivity contribution < 1.29 is 27.4 Å². The molecule has 2 heterocycles. The van der Waals surface area contributed by atoms with Gasteiger partial charge in [0.15, 0.2) is 0 Å². The normalized spacial score (nSPS) is 19.5. The summed E-state index contributed by atoms with van der Waals surface area (Å²) in [7, 11) is 1.98. The molecular formula is C22H25F3N2O3. The summed E-state index contributed by atoms with van der Waals surface area (Å²) in [6, 6.07) is 14.5. The number of hydrogen-bond acceptors (Lipinski definition) is 5. The molecule has 0 N–H and O–H groups in total. The van der Waals surface area contributed by atoms with Crippen LogP contribution >= 0.6 is 0 Å². The van der Waals surface area contributed by atoms with Gasteiger partial charge in [0.05, 0.1) is 6.61 Å². The van der Waals surface area contributed by atoms with Crippen molar-refractivity contribution in [2.75, 3.05) is 43.2 Å². The second-order valence-corrected chi connectivity index (χ2v) is 7.63. The fraction of sp³-hybridized carbons (Fsp3) is 0.455. The predicted octanol–water partition coefficient (Wildman–Crippen LogP) is 4.47. The van der Waals surface area contributed by atoms with E-state index in [2.05, 4.69) is 26.7 Å². The zero-order chi connectivity index (χ0) is 21.1. The molecule has 4 rings (SSSR count). The number of ether oxygens (including phenoxy) is 3. The largest absolute Gasteiger partial charge is 0.573 e. The summed E-state index contributed by atoms with van der Waals surface area (Å²) in [6.07, 6.45) is -2.49. The average Bonchev–Trinajstić information content (AvgIpc) is 3.56. The Labute approximate surface area is 173 Å². The fourth-order valence-corrected chi connectivity index (χ4v) is 3.71. The first kappa shape index (κ1) is 20.7. The van der Waals surface area contributed by atoms with Crippen LogP contribution in [0.4, 0.5) is 24.5 Å². The van der Waals surface area contributed by atoms with E-state index in [1.807, 2.05) is 19.2 Å². The molecule has 1 atom stereocenters.